The predicted octanol–water partition coefficient (Wildman–Crippen LogP) is 4.99. The van der Waals surface area contributed by atoms with Crippen LogP contribution in [0.25, 0.3) is 15.9 Å². The zero-order chi connectivity index (χ0) is 18.5. The second-order valence-corrected chi connectivity index (χ2v) is 8.05. The second kappa shape index (κ2) is 6.06. The number of amides is 1. The van der Waals surface area contributed by atoms with Gasteiger partial charge in [0.2, 0.25) is 0 Å². The quantitative estimate of drug-likeness (QED) is 0.497. The minimum absolute atomic E-state index is 0.0765. The maximum atomic E-state index is 13.4. The monoisotopic (exact) mass is 373 g/mol. The number of aryl methyl sites for hydroxylation is 1. The zero-order valence-corrected chi connectivity index (χ0v) is 16.0. The Balaban J connectivity index is 1.59. The van der Waals surface area contributed by atoms with Gasteiger partial charge in [0, 0.05) is 17.1 Å². The molecule has 2 aromatic heterocycles. The van der Waals surface area contributed by atoms with Gasteiger partial charge in [-0.05, 0) is 50.1 Å². The Morgan fingerprint density at radius 3 is 2.67 bits per heavy atom. The number of anilines is 1. The van der Waals surface area contributed by atoms with Gasteiger partial charge < -0.3 is 4.90 Å². The van der Waals surface area contributed by atoms with Gasteiger partial charge in [0.15, 0.2) is 0 Å². The predicted molar refractivity (Wildman–Crippen MR) is 110 cm³/mol. The van der Waals surface area contributed by atoms with Crippen LogP contribution in [0.4, 0.5) is 5.69 Å². The summed E-state index contributed by atoms with van der Waals surface area (Å²) in [5.74, 6) is 0.0765. The number of benzene rings is 2. The van der Waals surface area contributed by atoms with Crippen LogP contribution in [0.3, 0.4) is 0 Å². The number of fused-ring (bicyclic) bond motifs is 2. The molecule has 0 aliphatic carbocycles. The number of aromatic nitrogens is 2. The van der Waals surface area contributed by atoms with Crippen molar-refractivity contribution in [3.63, 3.8) is 0 Å². The molecule has 4 nitrogen and oxygen atoms in total. The molecule has 2 aromatic carbocycles. The average Bonchev–Trinajstić information content (AvgIpc) is 3.34. The Kier molecular flexibility index (Phi) is 3.65. The third-order valence-electron chi connectivity index (χ3n) is 5.18. The Labute approximate surface area is 161 Å². The summed E-state index contributed by atoms with van der Waals surface area (Å²) in [7, 11) is 0. The van der Waals surface area contributed by atoms with E-state index in [1.54, 1.807) is 0 Å². The molecule has 5 rings (SSSR count). The zero-order valence-electron chi connectivity index (χ0n) is 15.2. The number of para-hydroxylation sites is 2. The third kappa shape index (κ3) is 2.50. The Hall–Kier alpha value is -2.92. The van der Waals surface area contributed by atoms with E-state index in [2.05, 4.69) is 18.1 Å². The van der Waals surface area contributed by atoms with Gasteiger partial charge in [0.1, 0.15) is 4.83 Å². The molecular formula is C22H19N3OS. The minimum Gasteiger partial charge on any atom is -0.304 e. The number of nitrogens with zero attached hydrogens (tertiary/aromatic N) is 3. The SMILES string of the molecule is Cc1nn(-c2ccccc2)c2sc(C(=O)N3c4ccccc4C[C@H]3C)cc12. The first-order valence-electron chi connectivity index (χ1n) is 9.09. The number of thiophene rings is 1. The van der Waals surface area contributed by atoms with Crippen molar-refractivity contribution < 1.29 is 4.79 Å². The molecule has 1 aliphatic heterocycles. The molecule has 1 amide bonds. The molecule has 1 atom stereocenters. The fraction of sp³-hybridized carbons (Fsp3) is 0.182. The average molecular weight is 373 g/mol. The molecule has 1 aliphatic rings. The number of carbonyl (C=O) groups is 1. The molecule has 27 heavy (non-hydrogen) atoms. The van der Waals surface area contributed by atoms with Crippen LogP contribution in [0.1, 0.15) is 27.9 Å². The van der Waals surface area contributed by atoms with Gasteiger partial charge >= 0.3 is 0 Å². The number of carbonyl (C=O) groups excluding carboxylic acids is 1. The number of rotatable bonds is 2. The second-order valence-electron chi connectivity index (χ2n) is 7.02. The van der Waals surface area contributed by atoms with Crippen LogP contribution in [0.2, 0.25) is 0 Å². The van der Waals surface area contributed by atoms with Crippen molar-refractivity contribution in [3.05, 3.63) is 76.8 Å². The standard InChI is InChI=1S/C22H19N3OS/c1-14-12-16-8-6-7-11-19(16)24(14)21(26)20-13-18-15(2)23-25(22(18)27-20)17-9-4-3-5-10-17/h3-11,13-14H,12H2,1-2H3/t14-/m1/s1. The van der Waals surface area contributed by atoms with E-state index in [9.17, 15) is 4.79 Å². The van der Waals surface area contributed by atoms with Crippen molar-refractivity contribution in [2.24, 2.45) is 0 Å². The highest BCUT2D eigenvalue weighted by Gasteiger charge is 2.32. The van der Waals surface area contributed by atoms with Crippen LogP contribution in [-0.2, 0) is 6.42 Å². The molecule has 0 radical (unpaired) electrons. The van der Waals surface area contributed by atoms with Crippen LogP contribution in [-0.4, -0.2) is 21.7 Å². The van der Waals surface area contributed by atoms with Gasteiger partial charge in [-0.3, -0.25) is 4.79 Å². The highest BCUT2D eigenvalue weighted by atomic mass is 32.1. The van der Waals surface area contributed by atoms with Crippen LogP contribution < -0.4 is 4.90 Å². The van der Waals surface area contributed by atoms with Crippen LogP contribution in [0.15, 0.2) is 60.7 Å². The first-order valence-corrected chi connectivity index (χ1v) is 9.91. The Morgan fingerprint density at radius 2 is 1.85 bits per heavy atom. The molecule has 3 heterocycles. The lowest BCUT2D eigenvalue weighted by molar-refractivity contribution is 0.0985. The molecule has 5 heteroatoms. The largest absolute Gasteiger partial charge is 0.304 e. The van der Waals surface area contributed by atoms with Gasteiger partial charge in [-0.2, -0.15) is 5.10 Å². The van der Waals surface area contributed by atoms with Gasteiger partial charge in [0.25, 0.3) is 5.91 Å². The van der Waals surface area contributed by atoms with Crippen molar-refractivity contribution in [1.29, 1.82) is 0 Å². The van der Waals surface area contributed by atoms with Crippen LogP contribution in [0, 0.1) is 6.92 Å². The first kappa shape index (κ1) is 16.3. The van der Waals surface area contributed by atoms with Gasteiger partial charge in [0.05, 0.1) is 16.3 Å². The Bertz CT molecular complexity index is 1160. The molecule has 0 fully saturated rings. The van der Waals surface area contributed by atoms with Crippen molar-refractivity contribution in [2.45, 2.75) is 26.3 Å². The molecular weight excluding hydrogens is 354 g/mol. The molecule has 0 bridgehead atoms. The molecule has 4 aromatic rings. The maximum Gasteiger partial charge on any atom is 0.268 e. The van der Waals surface area contributed by atoms with E-state index in [1.165, 1.54) is 16.9 Å². The first-order chi connectivity index (χ1) is 13.1. The summed E-state index contributed by atoms with van der Waals surface area (Å²) in [4.78, 5) is 17.1. The van der Waals surface area contributed by atoms with Crippen LogP contribution in [0.5, 0.6) is 0 Å². The van der Waals surface area contributed by atoms with E-state index in [1.807, 2.05) is 71.1 Å². The van der Waals surface area contributed by atoms with Gasteiger partial charge in [-0.1, -0.05) is 36.4 Å². The smallest absolute Gasteiger partial charge is 0.268 e. The topological polar surface area (TPSA) is 38.1 Å². The van der Waals surface area contributed by atoms with E-state index < -0.39 is 0 Å². The summed E-state index contributed by atoms with van der Waals surface area (Å²) in [5.41, 5.74) is 4.23. The molecule has 0 spiro atoms. The van der Waals surface area contributed by atoms with Gasteiger partial charge in [-0.25, -0.2) is 4.68 Å². The van der Waals surface area contributed by atoms with E-state index >= 15 is 0 Å². The summed E-state index contributed by atoms with van der Waals surface area (Å²) in [6, 6.07) is 20.4. The number of hydrogen-bond donors (Lipinski definition) is 0. The van der Waals surface area contributed by atoms with Gasteiger partial charge in [-0.15, -0.1) is 11.3 Å². The van der Waals surface area contributed by atoms with E-state index in [4.69, 9.17) is 0 Å². The van der Waals surface area contributed by atoms with Crippen LogP contribution >= 0.6 is 11.3 Å². The fourth-order valence-corrected chi connectivity index (χ4v) is 5.01. The fourth-order valence-electron chi connectivity index (χ4n) is 3.89. The molecule has 0 saturated heterocycles. The molecule has 0 saturated carbocycles. The molecule has 134 valence electrons. The van der Waals surface area contributed by atoms with E-state index in [0.29, 0.717) is 0 Å². The highest BCUT2D eigenvalue weighted by Crippen LogP contribution is 2.36. The maximum absolute atomic E-state index is 13.4. The lowest BCUT2D eigenvalue weighted by Gasteiger charge is -2.21. The normalized spacial score (nSPS) is 16.1. The lowest BCUT2D eigenvalue weighted by atomic mass is 10.1. The molecule has 0 N–H and O–H groups in total. The van der Waals surface area contributed by atoms with E-state index in [-0.39, 0.29) is 11.9 Å². The van der Waals surface area contributed by atoms with E-state index in [0.717, 1.165) is 38.6 Å². The highest BCUT2D eigenvalue weighted by molar-refractivity contribution is 7.20. The lowest BCUT2D eigenvalue weighted by Crippen LogP contribution is -2.35. The summed E-state index contributed by atoms with van der Waals surface area (Å²) in [5, 5.41) is 5.72. The van der Waals surface area contributed by atoms with Crippen molar-refractivity contribution in [1.82, 2.24) is 9.78 Å². The van der Waals surface area contributed by atoms with Crippen molar-refractivity contribution in [2.75, 3.05) is 4.90 Å². The minimum atomic E-state index is 0.0765. The van der Waals surface area contributed by atoms with Crippen molar-refractivity contribution >= 4 is 33.1 Å². The van der Waals surface area contributed by atoms with Crippen molar-refractivity contribution in [3.8, 4) is 5.69 Å². The summed E-state index contributed by atoms with van der Waals surface area (Å²) < 4.78 is 1.94. The third-order valence-corrected chi connectivity index (χ3v) is 6.28. The molecule has 0 unspecified atom stereocenters. The summed E-state index contributed by atoms with van der Waals surface area (Å²) in [6.07, 6.45) is 0.906. The summed E-state index contributed by atoms with van der Waals surface area (Å²) in [6.45, 7) is 4.11. The summed E-state index contributed by atoms with van der Waals surface area (Å²) >= 11 is 1.52. The Morgan fingerprint density at radius 1 is 1.11 bits per heavy atom. The number of hydrogen-bond acceptors (Lipinski definition) is 3.